The number of morpholine rings is 1. The average Bonchev–Trinajstić information content (AvgIpc) is 3.42. The third-order valence-corrected chi connectivity index (χ3v) is 8.16. The number of benzene rings is 1. The maximum atomic E-state index is 13.5. The molecule has 4 heterocycles. The summed E-state index contributed by atoms with van der Waals surface area (Å²) in [7, 11) is 1.37. The van der Waals surface area contributed by atoms with Crippen molar-refractivity contribution in [2.24, 2.45) is 5.41 Å². The van der Waals surface area contributed by atoms with Crippen molar-refractivity contribution in [1.82, 2.24) is 15.8 Å². The van der Waals surface area contributed by atoms with Crippen LogP contribution in [0.1, 0.15) is 31.9 Å². The van der Waals surface area contributed by atoms with Gasteiger partial charge in [0.05, 0.1) is 29.3 Å². The largest absolute Gasteiger partial charge is 0.372 e. The number of anilines is 2. The van der Waals surface area contributed by atoms with Crippen molar-refractivity contribution in [3.8, 4) is 6.07 Å². The van der Waals surface area contributed by atoms with Crippen LogP contribution in [0.3, 0.4) is 0 Å². The van der Waals surface area contributed by atoms with E-state index in [-0.39, 0.29) is 40.0 Å². The molecule has 0 spiro atoms. The highest BCUT2D eigenvalue weighted by atomic mass is 32.2. The quantitative estimate of drug-likeness (QED) is 0.447. The van der Waals surface area contributed by atoms with Gasteiger partial charge in [-0.1, -0.05) is 23.8 Å². The zero-order chi connectivity index (χ0) is 26.6. The molecule has 13 heteroatoms. The standard InChI is InChI=1S/C24H26N6O6S/c1-11-8-29-17-14(6-24(10-31,19(29)13(3)35-11)21(32)27-22(33)26-4)5-15-18(16(17)7-25)36-28-20(15)30-9-12(2)37-23(30)34/h5,10-13,19H,6,8-9H2,1-4H3,(H2,26,27,32,33)/t11-,12?,13+,19?,24?/m1/s1. The Hall–Kier alpha value is -3.63. The van der Waals surface area contributed by atoms with Gasteiger partial charge in [-0.3, -0.25) is 19.8 Å². The summed E-state index contributed by atoms with van der Waals surface area (Å²) in [6.45, 7) is 6.28. The van der Waals surface area contributed by atoms with E-state index in [0.29, 0.717) is 36.0 Å². The molecule has 12 nitrogen and oxygen atoms in total. The van der Waals surface area contributed by atoms with Crippen LogP contribution in [0, 0.1) is 16.7 Å². The van der Waals surface area contributed by atoms with Gasteiger partial charge in [-0.25, -0.2) is 4.79 Å². The van der Waals surface area contributed by atoms with Crippen LogP contribution in [0.25, 0.3) is 11.0 Å². The molecule has 0 radical (unpaired) electrons. The second kappa shape index (κ2) is 9.04. The lowest BCUT2D eigenvalue weighted by Gasteiger charge is -2.54. The summed E-state index contributed by atoms with van der Waals surface area (Å²) in [5.74, 6) is -0.481. The molecule has 194 valence electrons. The van der Waals surface area contributed by atoms with Gasteiger partial charge in [0, 0.05) is 25.4 Å². The molecule has 3 aliphatic heterocycles. The van der Waals surface area contributed by atoms with Crippen LogP contribution in [0.4, 0.5) is 21.1 Å². The topological polar surface area (TPSA) is 158 Å². The number of hydrogen-bond donors (Lipinski definition) is 2. The molecule has 3 unspecified atom stereocenters. The molecule has 1 aromatic carbocycles. The van der Waals surface area contributed by atoms with E-state index < -0.39 is 29.5 Å². The fraction of sp³-hybridized carbons (Fsp3) is 0.500. The van der Waals surface area contributed by atoms with E-state index >= 15 is 0 Å². The number of thioether (sulfide) groups is 1. The zero-order valence-corrected chi connectivity index (χ0v) is 21.5. The Morgan fingerprint density at radius 2 is 2.08 bits per heavy atom. The van der Waals surface area contributed by atoms with Gasteiger partial charge in [0.1, 0.15) is 23.3 Å². The van der Waals surface area contributed by atoms with Crippen LogP contribution in [-0.4, -0.2) is 72.3 Å². The molecule has 0 aliphatic carbocycles. The Bertz CT molecular complexity index is 1370. The summed E-state index contributed by atoms with van der Waals surface area (Å²) in [5.41, 5.74) is -0.184. The van der Waals surface area contributed by atoms with Crippen molar-refractivity contribution in [2.45, 2.75) is 50.7 Å². The maximum Gasteiger partial charge on any atom is 0.321 e. The second-order valence-electron chi connectivity index (χ2n) is 9.68. The average molecular weight is 527 g/mol. The Morgan fingerprint density at radius 3 is 2.70 bits per heavy atom. The van der Waals surface area contributed by atoms with Gasteiger partial charge in [0.25, 0.3) is 5.24 Å². The highest BCUT2D eigenvalue weighted by Gasteiger charge is 2.57. The molecule has 5 rings (SSSR count). The first kappa shape index (κ1) is 25.0. The number of carbonyl (C=O) groups excluding carboxylic acids is 4. The summed E-state index contributed by atoms with van der Waals surface area (Å²) in [5, 5.41) is 19.3. The van der Waals surface area contributed by atoms with Crippen LogP contribution in [-0.2, 0) is 20.7 Å². The van der Waals surface area contributed by atoms with Crippen molar-refractivity contribution in [1.29, 1.82) is 5.26 Å². The summed E-state index contributed by atoms with van der Waals surface area (Å²) < 4.78 is 11.6. The number of aromatic nitrogens is 1. The minimum Gasteiger partial charge on any atom is -0.372 e. The number of nitrogens with zero attached hydrogens (tertiary/aromatic N) is 4. The molecule has 0 bridgehead atoms. The number of carbonyl (C=O) groups is 4. The van der Waals surface area contributed by atoms with Gasteiger partial charge in [-0.05, 0) is 31.9 Å². The Labute approximate surface area is 216 Å². The van der Waals surface area contributed by atoms with Crippen molar-refractivity contribution >= 4 is 57.7 Å². The van der Waals surface area contributed by atoms with Gasteiger partial charge < -0.3 is 24.3 Å². The van der Waals surface area contributed by atoms with E-state index in [2.05, 4.69) is 21.9 Å². The molecule has 2 fully saturated rings. The Morgan fingerprint density at radius 1 is 1.32 bits per heavy atom. The van der Waals surface area contributed by atoms with E-state index in [0.717, 1.165) is 0 Å². The number of ether oxygens (including phenoxy) is 1. The molecule has 4 amide bonds. The monoisotopic (exact) mass is 526 g/mol. The lowest BCUT2D eigenvalue weighted by atomic mass is 9.68. The lowest BCUT2D eigenvalue weighted by molar-refractivity contribution is -0.144. The molecule has 2 N–H and O–H groups in total. The molecule has 37 heavy (non-hydrogen) atoms. The number of nitriles is 1. The highest BCUT2D eigenvalue weighted by molar-refractivity contribution is 8.14. The predicted molar refractivity (Wildman–Crippen MR) is 134 cm³/mol. The third kappa shape index (κ3) is 3.74. The number of aldehydes is 1. The van der Waals surface area contributed by atoms with Crippen LogP contribution >= 0.6 is 11.8 Å². The number of rotatable bonds is 3. The van der Waals surface area contributed by atoms with Gasteiger partial charge in [0.15, 0.2) is 11.4 Å². The first-order chi connectivity index (χ1) is 17.6. The number of amides is 4. The highest BCUT2D eigenvalue weighted by Crippen LogP contribution is 2.49. The number of hydrogen-bond acceptors (Lipinski definition) is 10. The van der Waals surface area contributed by atoms with Crippen LogP contribution in [0.15, 0.2) is 10.6 Å². The summed E-state index contributed by atoms with van der Waals surface area (Å²) in [6.07, 6.45) is -0.372. The molecular weight excluding hydrogens is 500 g/mol. The number of imide groups is 1. The predicted octanol–water partition coefficient (Wildman–Crippen LogP) is 1.94. The van der Waals surface area contributed by atoms with Crippen molar-refractivity contribution in [2.75, 3.05) is 29.9 Å². The van der Waals surface area contributed by atoms with Crippen LogP contribution in [0.2, 0.25) is 0 Å². The third-order valence-electron chi connectivity index (χ3n) is 7.19. The summed E-state index contributed by atoms with van der Waals surface area (Å²) in [4.78, 5) is 54.3. The van der Waals surface area contributed by atoms with E-state index in [1.807, 2.05) is 18.7 Å². The van der Waals surface area contributed by atoms with Crippen LogP contribution < -0.4 is 20.4 Å². The normalized spacial score (nSPS) is 28.9. The van der Waals surface area contributed by atoms with E-state index in [1.165, 1.54) is 23.7 Å². The minimum atomic E-state index is -1.69. The zero-order valence-electron chi connectivity index (χ0n) is 20.7. The first-order valence-corrected chi connectivity index (χ1v) is 12.8. The first-order valence-electron chi connectivity index (χ1n) is 11.9. The molecule has 3 aliphatic rings. The SMILES string of the molecule is CNC(=O)NC(=O)C1(C=O)Cc2cc3c(N4CC(C)SC4=O)noc3c(C#N)c2N2C[C@@H](C)O[C@@H](C)C21. The maximum absolute atomic E-state index is 13.5. The molecule has 1 aromatic heterocycles. The minimum absolute atomic E-state index is 0.0560. The van der Waals surface area contributed by atoms with Crippen molar-refractivity contribution in [3.63, 3.8) is 0 Å². The van der Waals surface area contributed by atoms with Crippen molar-refractivity contribution < 1.29 is 28.4 Å². The fourth-order valence-electron chi connectivity index (χ4n) is 5.78. The van der Waals surface area contributed by atoms with Crippen molar-refractivity contribution in [3.05, 3.63) is 17.2 Å². The Balaban J connectivity index is 1.73. The number of nitrogens with one attached hydrogen (secondary N) is 2. The van der Waals surface area contributed by atoms with Gasteiger partial charge in [0.2, 0.25) is 5.91 Å². The van der Waals surface area contributed by atoms with Crippen LogP contribution in [0.5, 0.6) is 0 Å². The molecule has 2 aromatic rings. The second-order valence-corrected chi connectivity index (χ2v) is 11.1. The fourth-order valence-corrected chi connectivity index (χ4v) is 6.64. The molecule has 0 saturated carbocycles. The smallest absolute Gasteiger partial charge is 0.321 e. The number of fused-ring (bicyclic) bond motifs is 4. The Kier molecular flexibility index (Phi) is 6.12. The van der Waals surface area contributed by atoms with Gasteiger partial charge in [-0.2, -0.15) is 5.26 Å². The summed E-state index contributed by atoms with van der Waals surface area (Å²) >= 11 is 1.19. The van der Waals surface area contributed by atoms with E-state index in [4.69, 9.17) is 9.26 Å². The molecule has 5 atom stereocenters. The molecular formula is C24H26N6O6S. The lowest BCUT2D eigenvalue weighted by Crippen LogP contribution is -2.68. The van der Waals surface area contributed by atoms with E-state index in [1.54, 1.807) is 13.0 Å². The van der Waals surface area contributed by atoms with Gasteiger partial charge in [-0.15, -0.1) is 0 Å². The number of urea groups is 1. The van der Waals surface area contributed by atoms with E-state index in [9.17, 15) is 24.4 Å². The van der Waals surface area contributed by atoms with Gasteiger partial charge >= 0.3 is 6.03 Å². The molecule has 2 saturated heterocycles. The summed E-state index contributed by atoms with van der Waals surface area (Å²) in [6, 6.07) is 2.42.